The van der Waals surface area contributed by atoms with Crippen LogP contribution in [-0.4, -0.2) is 45.9 Å². The van der Waals surface area contributed by atoms with Crippen LogP contribution in [-0.2, 0) is 9.59 Å². The van der Waals surface area contributed by atoms with Crippen molar-refractivity contribution in [3.05, 3.63) is 0 Å². The van der Waals surface area contributed by atoms with Gasteiger partial charge in [0.2, 0.25) is 11.8 Å². The zero-order valence-corrected chi connectivity index (χ0v) is 15.7. The number of amides is 2. The van der Waals surface area contributed by atoms with E-state index < -0.39 is 11.8 Å². The standard InChI is InChI=1S/C15H24N4O2S2/c1-14(5-6-14)12(22)18(3)16-10(20)9-11(21)17-19(4)13(23)15(2)7-8-15/h5-9H2,1-4H3,(H,16,20)(H,17,21). The van der Waals surface area contributed by atoms with Gasteiger partial charge < -0.3 is 0 Å². The normalized spacial score (nSPS) is 19.3. The number of carbonyl (C=O) groups excluding carboxylic acids is 2. The molecule has 128 valence electrons. The predicted molar refractivity (Wildman–Crippen MR) is 96.3 cm³/mol. The Hall–Kier alpha value is -1.28. The first kappa shape index (κ1) is 18.1. The highest BCUT2D eigenvalue weighted by atomic mass is 32.1. The Morgan fingerprint density at radius 3 is 1.43 bits per heavy atom. The third-order valence-electron chi connectivity index (χ3n) is 4.55. The van der Waals surface area contributed by atoms with Crippen molar-refractivity contribution < 1.29 is 9.59 Å². The molecule has 2 aliphatic carbocycles. The molecule has 6 nitrogen and oxygen atoms in total. The summed E-state index contributed by atoms with van der Waals surface area (Å²) in [5, 5.41) is 3.08. The van der Waals surface area contributed by atoms with Gasteiger partial charge in [0.25, 0.3) is 0 Å². The summed E-state index contributed by atoms with van der Waals surface area (Å²) in [6.07, 6.45) is 3.87. The quantitative estimate of drug-likeness (QED) is 0.453. The van der Waals surface area contributed by atoms with Crippen molar-refractivity contribution in [2.45, 2.75) is 46.0 Å². The first-order valence-electron chi connectivity index (χ1n) is 7.73. The minimum absolute atomic E-state index is 0.00569. The molecule has 0 atom stereocenters. The highest BCUT2D eigenvalue weighted by molar-refractivity contribution is 7.80. The van der Waals surface area contributed by atoms with Crippen molar-refractivity contribution in [1.29, 1.82) is 0 Å². The van der Waals surface area contributed by atoms with E-state index in [2.05, 4.69) is 24.7 Å². The molecule has 2 N–H and O–H groups in total. The smallest absolute Gasteiger partial charge is 0.248 e. The third-order valence-corrected chi connectivity index (χ3v) is 6.08. The summed E-state index contributed by atoms with van der Waals surface area (Å²) < 4.78 is 0. The van der Waals surface area contributed by atoms with Crippen LogP contribution in [0.1, 0.15) is 46.0 Å². The lowest BCUT2D eigenvalue weighted by atomic mass is 10.1. The molecule has 0 aromatic carbocycles. The van der Waals surface area contributed by atoms with Crippen LogP contribution in [0.3, 0.4) is 0 Å². The van der Waals surface area contributed by atoms with Crippen molar-refractivity contribution in [2.24, 2.45) is 10.8 Å². The maximum Gasteiger partial charge on any atom is 0.248 e. The van der Waals surface area contributed by atoms with Crippen LogP contribution in [0.2, 0.25) is 0 Å². The van der Waals surface area contributed by atoms with E-state index in [9.17, 15) is 9.59 Å². The molecule has 23 heavy (non-hydrogen) atoms. The summed E-state index contributed by atoms with van der Waals surface area (Å²) >= 11 is 10.7. The molecular weight excluding hydrogens is 332 g/mol. The van der Waals surface area contributed by atoms with E-state index in [1.54, 1.807) is 14.1 Å². The van der Waals surface area contributed by atoms with Crippen molar-refractivity contribution in [2.75, 3.05) is 14.1 Å². The number of hydrogen-bond acceptors (Lipinski definition) is 4. The number of nitrogens with zero attached hydrogens (tertiary/aromatic N) is 2. The zero-order valence-electron chi connectivity index (χ0n) is 14.1. The van der Waals surface area contributed by atoms with E-state index >= 15 is 0 Å². The minimum Gasteiger partial charge on any atom is -0.281 e. The Bertz CT molecular complexity index is 508. The first-order valence-corrected chi connectivity index (χ1v) is 8.54. The molecule has 0 heterocycles. The van der Waals surface area contributed by atoms with E-state index in [1.165, 1.54) is 10.0 Å². The van der Waals surface area contributed by atoms with Gasteiger partial charge in [-0.3, -0.25) is 30.5 Å². The molecule has 0 radical (unpaired) electrons. The lowest BCUT2D eigenvalue weighted by molar-refractivity contribution is -0.132. The largest absolute Gasteiger partial charge is 0.281 e. The van der Waals surface area contributed by atoms with Gasteiger partial charge in [-0.1, -0.05) is 38.3 Å². The zero-order chi connectivity index (χ0) is 17.4. The fourth-order valence-corrected chi connectivity index (χ4v) is 2.81. The van der Waals surface area contributed by atoms with E-state index in [4.69, 9.17) is 24.4 Å². The highest BCUT2D eigenvalue weighted by Crippen LogP contribution is 2.47. The van der Waals surface area contributed by atoms with Crippen LogP contribution in [0, 0.1) is 10.8 Å². The number of hydrazine groups is 2. The van der Waals surface area contributed by atoms with E-state index in [-0.39, 0.29) is 17.3 Å². The van der Waals surface area contributed by atoms with Gasteiger partial charge in [-0.25, -0.2) is 0 Å². The molecule has 0 aromatic rings. The van der Waals surface area contributed by atoms with Crippen LogP contribution in [0.5, 0.6) is 0 Å². The van der Waals surface area contributed by atoms with Crippen LogP contribution in [0.15, 0.2) is 0 Å². The second kappa shape index (κ2) is 6.32. The lowest BCUT2D eigenvalue weighted by Gasteiger charge is -2.26. The molecule has 2 rings (SSSR count). The van der Waals surface area contributed by atoms with Gasteiger partial charge in [0.15, 0.2) is 0 Å². The monoisotopic (exact) mass is 356 g/mol. The summed E-state index contributed by atoms with van der Waals surface area (Å²) in [5.41, 5.74) is 5.30. The van der Waals surface area contributed by atoms with E-state index in [0.29, 0.717) is 9.98 Å². The van der Waals surface area contributed by atoms with Crippen LogP contribution in [0.25, 0.3) is 0 Å². The molecule has 0 unspecified atom stereocenters. The number of hydrogen-bond donors (Lipinski definition) is 2. The summed E-state index contributed by atoms with van der Waals surface area (Å²) in [6, 6.07) is 0. The van der Waals surface area contributed by atoms with Crippen LogP contribution >= 0.6 is 24.4 Å². The van der Waals surface area contributed by atoms with Gasteiger partial charge in [0, 0.05) is 24.9 Å². The second-order valence-corrected chi connectivity index (χ2v) is 7.87. The second-order valence-electron chi connectivity index (χ2n) is 7.10. The predicted octanol–water partition coefficient (Wildman–Crippen LogP) is 1.56. The fraction of sp³-hybridized carbons (Fsp3) is 0.733. The van der Waals surface area contributed by atoms with Gasteiger partial charge in [0.1, 0.15) is 16.4 Å². The van der Waals surface area contributed by atoms with E-state index in [1.807, 2.05) is 0 Å². The number of thiocarbonyl (C=S) groups is 2. The van der Waals surface area contributed by atoms with Crippen molar-refractivity contribution in [3.63, 3.8) is 0 Å². The molecule has 8 heteroatoms. The SMILES string of the molecule is CN(NC(=O)CC(=O)NN(C)C(=S)C1(C)CC1)C(=S)C1(C)CC1. The number of carbonyl (C=O) groups is 2. The Kier molecular flexibility index (Phi) is 4.96. The summed E-state index contributed by atoms with van der Waals surface area (Å²) in [5.74, 6) is -0.790. The van der Waals surface area contributed by atoms with Gasteiger partial charge in [-0.05, 0) is 25.7 Å². The molecule has 0 saturated heterocycles. The average molecular weight is 357 g/mol. The Labute approximate surface area is 147 Å². The number of nitrogens with one attached hydrogen (secondary N) is 2. The van der Waals surface area contributed by atoms with E-state index in [0.717, 1.165) is 25.7 Å². The molecule has 0 spiro atoms. The van der Waals surface area contributed by atoms with Crippen LogP contribution in [0.4, 0.5) is 0 Å². The molecule has 0 aromatic heterocycles. The topological polar surface area (TPSA) is 64.7 Å². The summed E-state index contributed by atoms with van der Waals surface area (Å²) in [4.78, 5) is 25.3. The molecule has 2 amide bonds. The average Bonchev–Trinajstić information content (AvgIpc) is 3.37. The maximum atomic E-state index is 12.0. The Morgan fingerprint density at radius 2 is 1.17 bits per heavy atom. The highest BCUT2D eigenvalue weighted by Gasteiger charge is 2.44. The maximum absolute atomic E-state index is 12.0. The summed E-state index contributed by atoms with van der Waals surface area (Å²) in [6.45, 7) is 4.14. The molecule has 2 saturated carbocycles. The van der Waals surface area contributed by atoms with Crippen LogP contribution < -0.4 is 10.9 Å². The van der Waals surface area contributed by atoms with Crippen molar-refractivity contribution >= 4 is 46.2 Å². The van der Waals surface area contributed by atoms with Gasteiger partial charge in [-0.15, -0.1) is 0 Å². The Morgan fingerprint density at radius 1 is 0.870 bits per heavy atom. The molecular formula is C15H24N4O2S2. The van der Waals surface area contributed by atoms with Gasteiger partial charge in [-0.2, -0.15) is 0 Å². The molecule has 2 aliphatic rings. The molecule has 2 fully saturated rings. The molecule has 0 bridgehead atoms. The number of rotatable bonds is 4. The van der Waals surface area contributed by atoms with Gasteiger partial charge in [0.05, 0.1) is 0 Å². The lowest BCUT2D eigenvalue weighted by Crippen LogP contribution is -2.49. The first-order chi connectivity index (χ1) is 10.6. The van der Waals surface area contributed by atoms with Crippen molar-refractivity contribution in [3.8, 4) is 0 Å². The molecule has 0 aliphatic heterocycles. The van der Waals surface area contributed by atoms with Crippen molar-refractivity contribution in [1.82, 2.24) is 20.9 Å². The Balaban J connectivity index is 1.75. The minimum atomic E-state index is -0.395. The fourth-order valence-electron chi connectivity index (χ4n) is 2.31. The summed E-state index contributed by atoms with van der Waals surface area (Å²) in [7, 11) is 3.41. The third kappa shape index (κ3) is 4.38. The van der Waals surface area contributed by atoms with Gasteiger partial charge >= 0.3 is 0 Å².